The van der Waals surface area contributed by atoms with Crippen molar-refractivity contribution < 1.29 is 17.6 Å². The van der Waals surface area contributed by atoms with Crippen LogP contribution in [0.5, 0.6) is 0 Å². The van der Waals surface area contributed by atoms with Crippen LogP contribution < -0.4 is 5.56 Å². The Morgan fingerprint density at radius 3 is 2.59 bits per heavy atom. The number of hydrogen-bond acceptors (Lipinski definition) is 5. The molecule has 0 aliphatic rings. The molecule has 2 aromatic heterocycles. The summed E-state index contributed by atoms with van der Waals surface area (Å²) in [6.07, 6.45) is -3.34. The number of nitrogens with zero attached hydrogens (tertiary/aromatic N) is 4. The van der Waals surface area contributed by atoms with Gasteiger partial charge in [-0.1, -0.05) is 29.5 Å². The van der Waals surface area contributed by atoms with Gasteiger partial charge in [-0.3, -0.25) is 4.79 Å². The summed E-state index contributed by atoms with van der Waals surface area (Å²) in [6, 6.07) is 11.7. The van der Waals surface area contributed by atoms with E-state index in [1.54, 1.807) is 24.3 Å². The van der Waals surface area contributed by atoms with Gasteiger partial charge in [-0.2, -0.15) is 13.2 Å². The Hall–Kier alpha value is -3.49. The minimum Gasteiger partial charge on any atom is -0.444 e. The molecule has 0 fully saturated rings. The fourth-order valence-corrected chi connectivity index (χ4v) is 2.70. The molecule has 6 nitrogen and oxygen atoms in total. The molecule has 2 aromatic carbocycles. The summed E-state index contributed by atoms with van der Waals surface area (Å²) in [5, 5.41) is 8.18. The molecule has 27 heavy (non-hydrogen) atoms. The first-order valence-corrected chi connectivity index (χ1v) is 7.87. The average Bonchev–Trinajstić information content (AvgIpc) is 3.12. The number of alkyl halides is 3. The van der Waals surface area contributed by atoms with Gasteiger partial charge in [0.1, 0.15) is 17.5 Å². The van der Waals surface area contributed by atoms with Gasteiger partial charge in [-0.25, -0.2) is 9.67 Å². The minimum absolute atomic E-state index is 0.0750. The van der Waals surface area contributed by atoms with Crippen molar-refractivity contribution in [2.24, 2.45) is 0 Å². The summed E-state index contributed by atoms with van der Waals surface area (Å²) >= 11 is 0. The Balaban J connectivity index is 1.69. The van der Waals surface area contributed by atoms with Crippen molar-refractivity contribution in [2.45, 2.75) is 12.7 Å². The van der Waals surface area contributed by atoms with Crippen molar-refractivity contribution >= 4 is 10.9 Å². The predicted molar refractivity (Wildman–Crippen MR) is 89.8 cm³/mol. The van der Waals surface area contributed by atoms with E-state index in [1.807, 2.05) is 0 Å². The van der Waals surface area contributed by atoms with E-state index in [4.69, 9.17) is 4.42 Å². The number of halogens is 3. The third-order valence-electron chi connectivity index (χ3n) is 3.96. The maximum atomic E-state index is 13.2. The first-order chi connectivity index (χ1) is 12.9. The summed E-state index contributed by atoms with van der Waals surface area (Å²) < 4.78 is 45.8. The van der Waals surface area contributed by atoms with Gasteiger partial charge in [0.05, 0.1) is 17.5 Å². The number of rotatable bonds is 3. The third-order valence-corrected chi connectivity index (χ3v) is 3.96. The van der Waals surface area contributed by atoms with E-state index >= 15 is 0 Å². The van der Waals surface area contributed by atoms with E-state index < -0.39 is 11.7 Å². The summed E-state index contributed by atoms with van der Waals surface area (Å²) in [5.74, 6) is -0.181. The normalized spacial score (nSPS) is 11.8. The standard InChI is InChI=1S/C18H11F3N4O2/c19-18(20,21)14-7-3-1-5-12(14)16-22-11(10-27-16)9-25-17(26)13-6-2-4-8-15(13)23-24-25/h1-8,10H,9H2. The monoisotopic (exact) mass is 372 g/mol. The Kier molecular flexibility index (Phi) is 3.98. The van der Waals surface area contributed by atoms with Crippen LogP contribution >= 0.6 is 0 Å². The lowest BCUT2D eigenvalue weighted by Crippen LogP contribution is -2.24. The summed E-state index contributed by atoms with van der Waals surface area (Å²) in [7, 11) is 0. The summed E-state index contributed by atoms with van der Waals surface area (Å²) in [6.45, 7) is -0.0750. The van der Waals surface area contributed by atoms with Gasteiger partial charge in [0.2, 0.25) is 5.89 Å². The molecule has 0 saturated heterocycles. The predicted octanol–water partition coefficient (Wildman–Crippen LogP) is 3.51. The lowest BCUT2D eigenvalue weighted by atomic mass is 10.1. The number of benzene rings is 2. The van der Waals surface area contributed by atoms with Crippen LogP contribution in [0.1, 0.15) is 11.3 Å². The highest BCUT2D eigenvalue weighted by molar-refractivity contribution is 5.76. The Morgan fingerprint density at radius 2 is 1.78 bits per heavy atom. The molecule has 4 rings (SSSR count). The van der Waals surface area contributed by atoms with Crippen LogP contribution in [0.4, 0.5) is 13.2 Å². The van der Waals surface area contributed by atoms with Gasteiger partial charge in [-0.05, 0) is 24.3 Å². The molecule has 0 aliphatic heterocycles. The highest BCUT2D eigenvalue weighted by Crippen LogP contribution is 2.36. The molecule has 0 amide bonds. The lowest BCUT2D eigenvalue weighted by molar-refractivity contribution is -0.137. The maximum absolute atomic E-state index is 13.2. The topological polar surface area (TPSA) is 73.8 Å². The summed E-state index contributed by atoms with van der Waals surface area (Å²) in [4.78, 5) is 16.5. The van der Waals surface area contributed by atoms with Crippen molar-refractivity contribution in [3.8, 4) is 11.5 Å². The van der Waals surface area contributed by atoms with Crippen molar-refractivity contribution in [1.82, 2.24) is 20.0 Å². The fraction of sp³-hybridized carbons (Fsp3) is 0.111. The molecule has 4 aromatic rings. The van der Waals surface area contributed by atoms with E-state index in [-0.39, 0.29) is 29.3 Å². The Bertz CT molecular complexity index is 1180. The molecule has 0 radical (unpaired) electrons. The largest absolute Gasteiger partial charge is 0.444 e. The van der Waals surface area contributed by atoms with Crippen molar-refractivity contribution in [3.05, 3.63) is 76.4 Å². The second-order valence-electron chi connectivity index (χ2n) is 5.76. The van der Waals surface area contributed by atoms with Crippen LogP contribution in [-0.2, 0) is 12.7 Å². The average molecular weight is 372 g/mol. The van der Waals surface area contributed by atoms with E-state index in [9.17, 15) is 18.0 Å². The van der Waals surface area contributed by atoms with Crippen molar-refractivity contribution in [3.63, 3.8) is 0 Å². The molecular formula is C18H11F3N4O2. The van der Waals surface area contributed by atoms with E-state index in [2.05, 4.69) is 15.3 Å². The van der Waals surface area contributed by atoms with Gasteiger partial charge >= 0.3 is 6.18 Å². The third kappa shape index (κ3) is 3.19. The second-order valence-corrected chi connectivity index (χ2v) is 5.76. The van der Waals surface area contributed by atoms with Crippen LogP contribution in [0.3, 0.4) is 0 Å². The second kappa shape index (κ2) is 6.35. The van der Waals surface area contributed by atoms with Gasteiger partial charge in [-0.15, -0.1) is 5.10 Å². The van der Waals surface area contributed by atoms with Crippen LogP contribution in [0.2, 0.25) is 0 Å². The first-order valence-electron chi connectivity index (χ1n) is 7.87. The van der Waals surface area contributed by atoms with Gasteiger partial charge in [0.25, 0.3) is 5.56 Å². The van der Waals surface area contributed by atoms with E-state index in [0.717, 1.165) is 10.7 Å². The summed E-state index contributed by atoms with van der Waals surface area (Å²) in [5.41, 5.74) is -0.678. The molecule has 9 heteroatoms. The molecule has 0 saturated carbocycles. The number of fused-ring (bicyclic) bond motifs is 1. The molecule has 0 bridgehead atoms. The molecular weight excluding hydrogens is 361 g/mol. The zero-order chi connectivity index (χ0) is 19.0. The minimum atomic E-state index is -4.54. The molecule has 0 aliphatic carbocycles. The molecule has 0 spiro atoms. The quantitative estimate of drug-likeness (QED) is 0.550. The maximum Gasteiger partial charge on any atom is 0.417 e. The highest BCUT2D eigenvalue weighted by Gasteiger charge is 2.34. The van der Waals surface area contributed by atoms with E-state index in [1.165, 1.54) is 24.5 Å². The smallest absolute Gasteiger partial charge is 0.417 e. The number of hydrogen-bond donors (Lipinski definition) is 0. The highest BCUT2D eigenvalue weighted by atomic mass is 19.4. The molecule has 0 atom stereocenters. The lowest BCUT2D eigenvalue weighted by Gasteiger charge is -2.09. The number of oxazole rings is 1. The molecule has 0 unspecified atom stereocenters. The zero-order valence-electron chi connectivity index (χ0n) is 13.6. The molecule has 136 valence electrons. The molecule has 0 N–H and O–H groups in total. The van der Waals surface area contributed by atoms with Gasteiger partial charge in [0.15, 0.2) is 0 Å². The first kappa shape index (κ1) is 17.0. The number of aromatic nitrogens is 4. The Morgan fingerprint density at radius 1 is 1.04 bits per heavy atom. The fourth-order valence-electron chi connectivity index (χ4n) is 2.70. The van der Waals surface area contributed by atoms with Crippen molar-refractivity contribution in [2.75, 3.05) is 0 Å². The van der Waals surface area contributed by atoms with Crippen LogP contribution in [0, 0.1) is 0 Å². The van der Waals surface area contributed by atoms with Crippen molar-refractivity contribution in [1.29, 1.82) is 0 Å². The van der Waals surface area contributed by atoms with Gasteiger partial charge in [0, 0.05) is 5.56 Å². The van der Waals surface area contributed by atoms with Crippen LogP contribution in [0.15, 0.2) is 64.0 Å². The van der Waals surface area contributed by atoms with Crippen LogP contribution in [0.25, 0.3) is 22.4 Å². The van der Waals surface area contributed by atoms with Crippen LogP contribution in [-0.4, -0.2) is 20.0 Å². The van der Waals surface area contributed by atoms with Gasteiger partial charge < -0.3 is 4.42 Å². The SMILES string of the molecule is O=c1c2ccccc2nnn1Cc1coc(-c2ccccc2C(F)(F)F)n1. The molecule has 2 heterocycles. The Labute approximate surface area is 149 Å². The zero-order valence-corrected chi connectivity index (χ0v) is 13.6. The van der Waals surface area contributed by atoms with E-state index in [0.29, 0.717) is 10.9 Å².